The Bertz CT molecular complexity index is 2310. The molecule has 47 heavy (non-hydrogen) atoms. The Morgan fingerprint density at radius 2 is 1.83 bits per heavy atom. The summed E-state index contributed by atoms with van der Waals surface area (Å²) in [4.78, 5) is 33.1. The van der Waals surface area contributed by atoms with E-state index in [1.165, 1.54) is 30.4 Å². The van der Waals surface area contributed by atoms with Gasteiger partial charge >= 0.3 is 6.18 Å². The number of Topliss-reactive ketones (excluding diaryl/α,β-unsaturated/α-hetero) is 1. The van der Waals surface area contributed by atoms with Gasteiger partial charge in [0.05, 0.1) is 28.9 Å². The summed E-state index contributed by atoms with van der Waals surface area (Å²) in [6.45, 7) is 5.89. The second-order valence-electron chi connectivity index (χ2n) is 10.6. The third-order valence-corrected chi connectivity index (χ3v) is 8.40. The van der Waals surface area contributed by atoms with E-state index in [0.29, 0.717) is 47.8 Å². The van der Waals surface area contributed by atoms with Gasteiger partial charge in [-0.15, -0.1) is 11.3 Å². The number of nitriles is 2. The Hall–Kier alpha value is -5.57. The first-order valence-electron chi connectivity index (χ1n) is 14.1. The maximum Gasteiger partial charge on any atom is 0.418 e. The number of anilines is 1. The lowest BCUT2D eigenvalue weighted by molar-refractivity contribution is -0.137. The van der Waals surface area contributed by atoms with E-state index in [1.54, 1.807) is 18.2 Å². The van der Waals surface area contributed by atoms with Crippen LogP contribution in [0.5, 0.6) is 11.6 Å². The summed E-state index contributed by atoms with van der Waals surface area (Å²) in [5.41, 5.74) is -0.741. The highest BCUT2D eigenvalue weighted by Crippen LogP contribution is 2.40. The summed E-state index contributed by atoms with van der Waals surface area (Å²) in [6.07, 6.45) is -2.92. The lowest BCUT2D eigenvalue weighted by atomic mass is 10.0. The minimum absolute atomic E-state index is 0.0710. The molecule has 0 amide bonds. The molecule has 0 saturated carbocycles. The van der Waals surface area contributed by atoms with Gasteiger partial charge in [-0.05, 0) is 49.8 Å². The molecular weight excluding hydrogens is 635 g/mol. The van der Waals surface area contributed by atoms with E-state index >= 15 is 0 Å². The third-order valence-electron chi connectivity index (χ3n) is 7.40. The zero-order valence-electron chi connectivity index (χ0n) is 24.8. The van der Waals surface area contributed by atoms with Crippen LogP contribution in [-0.2, 0) is 15.7 Å². The van der Waals surface area contributed by atoms with Crippen molar-refractivity contribution in [2.45, 2.75) is 20.0 Å². The number of hydrogen-bond donors (Lipinski definition) is 0. The number of thiazole rings is 1. The third kappa shape index (κ3) is 6.16. The molecule has 3 aromatic rings. The zero-order chi connectivity index (χ0) is 33.5. The van der Waals surface area contributed by atoms with E-state index in [9.17, 15) is 22.8 Å². The minimum atomic E-state index is -4.89. The number of fused-ring (bicyclic) bond motifs is 4. The van der Waals surface area contributed by atoms with E-state index in [0.717, 1.165) is 27.1 Å². The van der Waals surface area contributed by atoms with E-state index in [-0.39, 0.29) is 11.4 Å². The van der Waals surface area contributed by atoms with E-state index in [1.807, 2.05) is 37.3 Å². The summed E-state index contributed by atoms with van der Waals surface area (Å²) in [5.74, 6) is 0.470. The summed E-state index contributed by atoms with van der Waals surface area (Å²) in [6, 6.07) is 15.5. The molecular formula is C33H22F3N5O5S. The molecule has 0 spiro atoms. The van der Waals surface area contributed by atoms with Crippen molar-refractivity contribution in [3.63, 3.8) is 0 Å². The first-order chi connectivity index (χ1) is 22.5. The summed E-state index contributed by atoms with van der Waals surface area (Å²) in [5, 5.41) is 18.4. The minimum Gasteiger partial charge on any atom is -0.438 e. The van der Waals surface area contributed by atoms with Crippen LogP contribution in [0.4, 0.5) is 18.9 Å². The number of pyridine rings is 1. The van der Waals surface area contributed by atoms with Gasteiger partial charge in [-0.25, -0.2) is 0 Å². The average molecular weight is 658 g/mol. The molecule has 0 unspecified atom stereocenters. The molecule has 0 aliphatic carbocycles. The first-order valence-corrected chi connectivity index (χ1v) is 14.9. The molecule has 5 heterocycles. The van der Waals surface area contributed by atoms with Crippen LogP contribution in [0, 0.1) is 29.6 Å². The predicted molar refractivity (Wildman–Crippen MR) is 166 cm³/mol. The van der Waals surface area contributed by atoms with Gasteiger partial charge in [-0.3, -0.25) is 9.59 Å². The second-order valence-corrected chi connectivity index (χ2v) is 11.6. The molecule has 4 aliphatic heterocycles. The number of nitrogens with zero attached hydrogens (tertiary/aromatic N) is 5. The van der Waals surface area contributed by atoms with E-state index < -0.39 is 34.3 Å². The lowest BCUT2D eigenvalue weighted by Gasteiger charge is -2.28. The van der Waals surface area contributed by atoms with Gasteiger partial charge in [-0.2, -0.15) is 33.7 Å². The molecule has 1 saturated heterocycles. The van der Waals surface area contributed by atoms with Crippen LogP contribution in [0.3, 0.4) is 0 Å². The van der Waals surface area contributed by atoms with Crippen LogP contribution >= 0.6 is 11.3 Å². The number of morpholine rings is 1. The van der Waals surface area contributed by atoms with Gasteiger partial charge in [0, 0.05) is 35.8 Å². The molecule has 236 valence electrons. The maximum absolute atomic E-state index is 13.5. The molecule has 1 aromatic heterocycles. The van der Waals surface area contributed by atoms with Crippen LogP contribution in [0.15, 0.2) is 51.7 Å². The average Bonchev–Trinajstić information content (AvgIpc) is 3.44. The number of carbonyl (C=O) groups is 1. The van der Waals surface area contributed by atoms with Gasteiger partial charge in [-0.1, -0.05) is 12.1 Å². The van der Waals surface area contributed by atoms with Crippen molar-refractivity contribution in [3.8, 4) is 35.2 Å². The Balaban J connectivity index is 0.000000172. The molecule has 0 N–H and O–H groups in total. The number of benzene rings is 2. The monoisotopic (exact) mass is 657 g/mol. The van der Waals surface area contributed by atoms with E-state index in [2.05, 4.69) is 14.9 Å². The van der Waals surface area contributed by atoms with Gasteiger partial charge in [0.1, 0.15) is 39.3 Å². The van der Waals surface area contributed by atoms with E-state index in [4.69, 9.17) is 24.4 Å². The first kappa shape index (κ1) is 31.4. The lowest BCUT2D eigenvalue weighted by Crippen LogP contribution is -2.36. The molecule has 7 rings (SSSR count). The summed E-state index contributed by atoms with van der Waals surface area (Å²) < 4.78 is 58.2. The topological polar surface area (TPSA) is 142 Å². The Morgan fingerprint density at radius 3 is 2.51 bits per heavy atom. The number of carbonyl (C=O) groups excluding carboxylic acids is 1. The number of alkyl halides is 3. The summed E-state index contributed by atoms with van der Waals surface area (Å²) in [7, 11) is 0. The van der Waals surface area contributed by atoms with Crippen molar-refractivity contribution < 1.29 is 31.9 Å². The van der Waals surface area contributed by atoms with Crippen molar-refractivity contribution in [1.29, 1.82) is 10.5 Å². The predicted octanol–water partition coefficient (Wildman–Crippen LogP) is 4.67. The van der Waals surface area contributed by atoms with Crippen molar-refractivity contribution in [3.05, 3.63) is 84.3 Å². The summed E-state index contributed by atoms with van der Waals surface area (Å²) >= 11 is 1.29. The van der Waals surface area contributed by atoms with Crippen LogP contribution in [0.2, 0.25) is 0 Å². The maximum atomic E-state index is 13.5. The van der Waals surface area contributed by atoms with Crippen molar-refractivity contribution in [1.82, 2.24) is 9.97 Å². The Kier molecular flexibility index (Phi) is 8.23. The smallest absolute Gasteiger partial charge is 0.418 e. The fraction of sp³-hybridized carbons (Fsp3) is 0.212. The van der Waals surface area contributed by atoms with Crippen LogP contribution in [0.1, 0.15) is 29.2 Å². The molecule has 0 radical (unpaired) electrons. The van der Waals surface area contributed by atoms with Gasteiger partial charge in [0.15, 0.2) is 5.78 Å². The van der Waals surface area contributed by atoms with Crippen LogP contribution in [-0.4, -0.2) is 42.1 Å². The number of aromatic nitrogens is 2. The van der Waals surface area contributed by atoms with Crippen LogP contribution < -0.4 is 24.4 Å². The van der Waals surface area contributed by atoms with Gasteiger partial charge in [0.2, 0.25) is 11.8 Å². The highest BCUT2D eigenvalue weighted by molar-refractivity contribution is 7.08. The van der Waals surface area contributed by atoms with Crippen molar-refractivity contribution in [2.24, 2.45) is 0 Å². The van der Waals surface area contributed by atoms with Crippen molar-refractivity contribution in [2.75, 3.05) is 31.2 Å². The van der Waals surface area contributed by atoms with Crippen molar-refractivity contribution >= 4 is 45.4 Å². The second kappa shape index (κ2) is 12.3. The number of aryl methyl sites for hydroxylation is 1. The molecule has 2 aromatic carbocycles. The normalized spacial score (nSPS) is 14.4. The van der Waals surface area contributed by atoms with Gasteiger partial charge < -0.3 is 18.8 Å². The fourth-order valence-corrected chi connectivity index (χ4v) is 6.13. The van der Waals surface area contributed by atoms with Gasteiger partial charge in [0.25, 0.3) is 5.56 Å². The number of hydrogen-bond acceptors (Lipinski definition) is 11. The highest BCUT2D eigenvalue weighted by Gasteiger charge is 2.40. The van der Waals surface area contributed by atoms with Crippen LogP contribution in [0.25, 0.3) is 34.1 Å². The molecule has 1 fully saturated rings. The zero-order valence-corrected chi connectivity index (χ0v) is 25.6. The number of rotatable bonds is 2. The number of ether oxygens (including phenoxy) is 2. The Labute approximate surface area is 268 Å². The molecule has 0 bridgehead atoms. The Morgan fingerprint density at radius 1 is 1.06 bits per heavy atom. The quantitative estimate of drug-likeness (QED) is 0.241. The SMILES string of the molecule is CC(=O)/C(C#N)=c1\nc2c(s1)=Cc1ccc(C)cc1O2.N#Cc1c(C(F)(F)F)c2cc3ccc(N4CCOCC4)cc3oc-2nc1=O. The highest BCUT2D eigenvalue weighted by atomic mass is 32.1. The largest absolute Gasteiger partial charge is 0.438 e. The number of halogens is 3. The standard InChI is InChI=1S/C18H12F3N3O3.C15H10N2O2S/c19-18(20,21)15-12-7-10-1-2-11(24-3-5-26-6-4-24)8-14(10)27-17(12)23-16(25)13(15)9-22;1-8-3-4-10-6-13-14(19-12(10)5-8)17-15(20-13)11(7-16)9(2)18/h1-2,7-8H,3-6H2;3-6H,1-2H3/b;15-11+. The number of ketones is 1. The molecule has 10 nitrogen and oxygen atoms in total. The fourth-order valence-electron chi connectivity index (χ4n) is 5.14. The molecule has 4 aliphatic rings. The molecule has 14 heteroatoms. The molecule has 0 atom stereocenters.